The van der Waals surface area contributed by atoms with Gasteiger partial charge in [-0.15, -0.1) is 10.2 Å². The van der Waals surface area contributed by atoms with Gasteiger partial charge in [-0.1, -0.05) is 36.9 Å². The maximum atomic E-state index is 12.7. The van der Waals surface area contributed by atoms with Crippen LogP contribution in [0.4, 0.5) is 5.69 Å². The number of carbonyl (C=O) groups is 1. The Morgan fingerprint density at radius 1 is 1.11 bits per heavy atom. The molecule has 0 aliphatic rings. The number of aromatic nitrogens is 3. The Kier molecular flexibility index (Phi) is 4.68. The van der Waals surface area contributed by atoms with Gasteiger partial charge in [0.2, 0.25) is 5.91 Å². The lowest BCUT2D eigenvalue weighted by atomic mass is 10.2. The minimum absolute atomic E-state index is 0.106. The highest BCUT2D eigenvalue weighted by molar-refractivity contribution is 8.00. The van der Waals surface area contributed by atoms with Gasteiger partial charge < -0.3 is 10.4 Å². The van der Waals surface area contributed by atoms with Crippen LogP contribution in [0.15, 0.2) is 65.8 Å². The van der Waals surface area contributed by atoms with Gasteiger partial charge in [0, 0.05) is 5.69 Å². The first-order valence-electron chi connectivity index (χ1n) is 8.65. The molecule has 0 aliphatic carbocycles. The molecule has 0 fully saturated rings. The second kappa shape index (κ2) is 7.28. The standard InChI is InChI=1S/C20H18N4O2S/c1-2-17(19(26)21-14-8-10-15(25)11-9-14)27-20-23-22-18-12-7-13-5-3-4-6-16(13)24(18)20/h3-12,17,25H,2H2,1H3,(H,21,26). The molecule has 2 N–H and O–H groups in total. The molecule has 2 heterocycles. The molecule has 1 unspecified atom stereocenters. The van der Waals surface area contributed by atoms with E-state index >= 15 is 0 Å². The summed E-state index contributed by atoms with van der Waals surface area (Å²) in [7, 11) is 0. The minimum Gasteiger partial charge on any atom is -0.508 e. The highest BCUT2D eigenvalue weighted by Gasteiger charge is 2.21. The third kappa shape index (κ3) is 3.46. The van der Waals surface area contributed by atoms with Crippen LogP contribution in [0.25, 0.3) is 16.6 Å². The molecular formula is C20H18N4O2S. The topological polar surface area (TPSA) is 79.5 Å². The van der Waals surface area contributed by atoms with E-state index in [1.165, 1.54) is 11.8 Å². The molecule has 4 aromatic rings. The number of pyridine rings is 1. The first-order chi connectivity index (χ1) is 13.2. The van der Waals surface area contributed by atoms with E-state index in [4.69, 9.17) is 0 Å². The Morgan fingerprint density at radius 3 is 2.67 bits per heavy atom. The number of benzene rings is 2. The van der Waals surface area contributed by atoms with E-state index in [-0.39, 0.29) is 16.9 Å². The third-order valence-electron chi connectivity index (χ3n) is 4.29. The van der Waals surface area contributed by atoms with Gasteiger partial charge in [0.1, 0.15) is 5.75 Å². The molecule has 4 rings (SSSR count). The number of fused-ring (bicyclic) bond motifs is 3. The molecule has 0 saturated heterocycles. The first kappa shape index (κ1) is 17.4. The van der Waals surface area contributed by atoms with E-state index in [2.05, 4.69) is 15.5 Å². The molecule has 1 amide bonds. The molecular weight excluding hydrogens is 360 g/mol. The van der Waals surface area contributed by atoms with E-state index in [1.807, 2.05) is 47.7 Å². The summed E-state index contributed by atoms with van der Waals surface area (Å²) in [6.45, 7) is 1.97. The van der Waals surface area contributed by atoms with Gasteiger partial charge in [-0.25, -0.2) is 0 Å². The fourth-order valence-corrected chi connectivity index (χ4v) is 3.88. The van der Waals surface area contributed by atoms with Gasteiger partial charge in [0.25, 0.3) is 0 Å². The van der Waals surface area contributed by atoms with Gasteiger partial charge in [-0.05, 0) is 54.3 Å². The Balaban J connectivity index is 1.62. The molecule has 0 aliphatic heterocycles. The maximum Gasteiger partial charge on any atom is 0.237 e. The van der Waals surface area contributed by atoms with Crippen molar-refractivity contribution in [2.75, 3.05) is 5.32 Å². The Bertz CT molecular complexity index is 1110. The zero-order valence-electron chi connectivity index (χ0n) is 14.7. The summed E-state index contributed by atoms with van der Waals surface area (Å²) in [4.78, 5) is 12.7. The van der Waals surface area contributed by atoms with Gasteiger partial charge in [0.15, 0.2) is 10.8 Å². The summed E-state index contributed by atoms with van der Waals surface area (Å²) in [6, 6.07) is 18.4. The van der Waals surface area contributed by atoms with Crippen molar-refractivity contribution in [2.45, 2.75) is 23.8 Å². The van der Waals surface area contributed by atoms with Crippen LogP contribution in [0.1, 0.15) is 13.3 Å². The summed E-state index contributed by atoms with van der Waals surface area (Å²) in [5, 5.41) is 22.3. The number of hydrogen-bond acceptors (Lipinski definition) is 5. The number of amides is 1. The number of anilines is 1. The molecule has 7 heteroatoms. The molecule has 1 atom stereocenters. The van der Waals surface area contributed by atoms with Crippen LogP contribution in [-0.2, 0) is 4.79 Å². The monoisotopic (exact) mass is 378 g/mol. The highest BCUT2D eigenvalue weighted by Crippen LogP contribution is 2.28. The third-order valence-corrected chi connectivity index (χ3v) is 5.60. The Morgan fingerprint density at radius 2 is 1.89 bits per heavy atom. The average molecular weight is 378 g/mol. The summed E-state index contributed by atoms with van der Waals surface area (Å²) >= 11 is 1.40. The van der Waals surface area contributed by atoms with Crippen molar-refractivity contribution < 1.29 is 9.90 Å². The number of thioether (sulfide) groups is 1. The Labute approximate surface area is 160 Å². The summed E-state index contributed by atoms with van der Waals surface area (Å²) in [6.07, 6.45) is 0.647. The number of carbonyl (C=O) groups excluding carboxylic acids is 1. The fraction of sp³-hybridized carbons (Fsp3) is 0.150. The molecule has 0 bridgehead atoms. The van der Waals surface area contributed by atoms with Crippen molar-refractivity contribution in [1.82, 2.24) is 14.6 Å². The lowest BCUT2D eigenvalue weighted by Gasteiger charge is -2.14. The predicted octanol–water partition coefficient (Wildman–Crippen LogP) is 4.10. The summed E-state index contributed by atoms with van der Waals surface area (Å²) < 4.78 is 1.98. The summed E-state index contributed by atoms with van der Waals surface area (Å²) in [5.41, 5.74) is 2.41. The van der Waals surface area contributed by atoms with E-state index in [0.29, 0.717) is 17.3 Å². The van der Waals surface area contributed by atoms with Crippen LogP contribution in [0.3, 0.4) is 0 Å². The van der Waals surface area contributed by atoms with Crippen molar-refractivity contribution in [3.05, 3.63) is 60.7 Å². The van der Waals surface area contributed by atoms with E-state index in [0.717, 1.165) is 16.6 Å². The quantitative estimate of drug-likeness (QED) is 0.404. The fourth-order valence-electron chi connectivity index (χ4n) is 2.91. The molecule has 136 valence electrons. The smallest absolute Gasteiger partial charge is 0.237 e. The van der Waals surface area contributed by atoms with Crippen LogP contribution in [-0.4, -0.2) is 30.9 Å². The molecule has 2 aromatic heterocycles. The zero-order chi connectivity index (χ0) is 18.8. The number of phenols is 1. The van der Waals surface area contributed by atoms with E-state index in [9.17, 15) is 9.90 Å². The van der Waals surface area contributed by atoms with Gasteiger partial charge >= 0.3 is 0 Å². The number of hydrogen-bond donors (Lipinski definition) is 2. The first-order valence-corrected chi connectivity index (χ1v) is 9.53. The van der Waals surface area contributed by atoms with Crippen LogP contribution in [0, 0.1) is 0 Å². The van der Waals surface area contributed by atoms with Gasteiger partial charge in [0.05, 0.1) is 10.8 Å². The van der Waals surface area contributed by atoms with Crippen LogP contribution >= 0.6 is 11.8 Å². The molecule has 27 heavy (non-hydrogen) atoms. The number of rotatable bonds is 5. The predicted molar refractivity (Wildman–Crippen MR) is 107 cm³/mol. The van der Waals surface area contributed by atoms with Crippen molar-refractivity contribution >= 4 is 39.9 Å². The number of nitrogens with one attached hydrogen (secondary N) is 1. The van der Waals surface area contributed by atoms with Gasteiger partial charge in [-0.3, -0.25) is 9.20 Å². The van der Waals surface area contributed by atoms with Crippen molar-refractivity contribution in [3.8, 4) is 5.75 Å². The van der Waals surface area contributed by atoms with Crippen molar-refractivity contribution in [3.63, 3.8) is 0 Å². The maximum absolute atomic E-state index is 12.7. The van der Waals surface area contributed by atoms with Crippen LogP contribution in [0.2, 0.25) is 0 Å². The second-order valence-electron chi connectivity index (χ2n) is 6.12. The second-order valence-corrected chi connectivity index (χ2v) is 7.29. The summed E-state index contributed by atoms with van der Waals surface area (Å²) in [5.74, 6) is 0.0569. The lowest BCUT2D eigenvalue weighted by Crippen LogP contribution is -2.24. The largest absolute Gasteiger partial charge is 0.508 e. The van der Waals surface area contributed by atoms with Gasteiger partial charge in [-0.2, -0.15) is 0 Å². The number of phenolic OH excluding ortho intramolecular Hbond substituents is 1. The van der Waals surface area contributed by atoms with Crippen LogP contribution < -0.4 is 5.32 Å². The number of aromatic hydroxyl groups is 1. The molecule has 6 nitrogen and oxygen atoms in total. The normalized spacial score (nSPS) is 12.3. The number of para-hydroxylation sites is 1. The molecule has 0 saturated carbocycles. The van der Waals surface area contributed by atoms with Crippen LogP contribution in [0.5, 0.6) is 5.75 Å². The lowest BCUT2D eigenvalue weighted by molar-refractivity contribution is -0.115. The molecule has 2 aromatic carbocycles. The van der Waals surface area contributed by atoms with E-state index < -0.39 is 0 Å². The Hall–Kier alpha value is -3.06. The van der Waals surface area contributed by atoms with Crippen molar-refractivity contribution in [1.29, 1.82) is 0 Å². The highest BCUT2D eigenvalue weighted by atomic mass is 32.2. The SMILES string of the molecule is CCC(Sc1nnc2ccc3ccccc3n12)C(=O)Nc1ccc(O)cc1. The average Bonchev–Trinajstić information content (AvgIpc) is 3.11. The van der Waals surface area contributed by atoms with E-state index in [1.54, 1.807) is 24.3 Å². The minimum atomic E-state index is -0.315. The zero-order valence-corrected chi connectivity index (χ0v) is 15.5. The molecule has 0 spiro atoms. The number of nitrogens with zero attached hydrogens (tertiary/aromatic N) is 3. The van der Waals surface area contributed by atoms with Crippen molar-refractivity contribution in [2.24, 2.45) is 0 Å². The molecule has 0 radical (unpaired) electrons.